The average molecular weight is 304 g/mol. The highest BCUT2D eigenvalue weighted by Gasteiger charge is 2.35. The lowest BCUT2D eigenvalue weighted by Crippen LogP contribution is -2.54. The molecule has 1 rings (SSSR count). The molecule has 0 aromatic rings. The minimum Gasteiger partial charge on any atom is -0.444 e. The molecule has 0 aromatic carbocycles. The lowest BCUT2D eigenvalue weighted by molar-refractivity contribution is -0.0336. The van der Waals surface area contributed by atoms with Crippen molar-refractivity contribution in [2.45, 2.75) is 50.9 Å². The Morgan fingerprint density at radius 2 is 1.81 bits per heavy atom. The van der Waals surface area contributed by atoms with Gasteiger partial charge in [0.25, 0.3) is 0 Å². The fourth-order valence-electron chi connectivity index (χ4n) is 2.13. The molecule has 0 atom stereocenters. The second kappa shape index (κ2) is 7.40. The summed E-state index contributed by atoms with van der Waals surface area (Å²) in [6.45, 7) is 6.22. The molecule has 1 fully saturated rings. The number of carbonyl (C=O) groups excluding carboxylic acids is 1. The summed E-state index contributed by atoms with van der Waals surface area (Å²) in [6, 6.07) is -0.432. The van der Waals surface area contributed by atoms with E-state index in [9.17, 15) is 9.90 Å². The normalized spacial score (nSPS) is 18.9. The molecule has 1 aliphatic heterocycles. The van der Waals surface area contributed by atoms with Crippen LogP contribution < -0.4 is 5.32 Å². The first-order valence-corrected chi connectivity index (χ1v) is 7.34. The first-order valence-electron chi connectivity index (χ1n) is 7.34. The number of rotatable bonds is 5. The highest BCUT2D eigenvalue weighted by molar-refractivity contribution is 5.68. The van der Waals surface area contributed by atoms with Crippen LogP contribution in [-0.2, 0) is 4.74 Å². The molecule has 1 heterocycles. The van der Waals surface area contributed by atoms with Gasteiger partial charge in [-0.25, -0.2) is 4.79 Å². The maximum absolute atomic E-state index is 11.9. The van der Waals surface area contributed by atoms with Crippen molar-refractivity contribution in [2.75, 3.05) is 32.8 Å². The van der Waals surface area contributed by atoms with Crippen molar-refractivity contribution in [1.29, 1.82) is 0 Å². The van der Waals surface area contributed by atoms with E-state index in [1.54, 1.807) is 4.90 Å². The Labute approximate surface area is 125 Å². The third kappa shape index (κ3) is 6.17. The number of amides is 1. The Kier molecular flexibility index (Phi) is 6.40. The van der Waals surface area contributed by atoms with E-state index in [1.807, 2.05) is 20.8 Å². The maximum Gasteiger partial charge on any atom is 0.410 e. The van der Waals surface area contributed by atoms with Gasteiger partial charge in [-0.05, 0) is 33.6 Å². The molecule has 1 saturated heterocycles. The van der Waals surface area contributed by atoms with Crippen LogP contribution >= 0.6 is 0 Å². The number of likely N-dealkylation sites (tertiary alicyclic amines) is 1. The summed E-state index contributed by atoms with van der Waals surface area (Å²) < 4.78 is 5.30. The summed E-state index contributed by atoms with van der Waals surface area (Å²) in [6.07, 6.45) is 0.507. The Balaban J connectivity index is 2.41. The minimum atomic E-state index is -0.929. The standard InChI is InChI=1S/C14H28N2O5/c1-13(2,3)21-12(19)16-6-4-14(20,5-7-16)10-15-11(8-17)9-18/h11,15,17-18,20H,4-10H2,1-3H3. The van der Waals surface area contributed by atoms with Gasteiger partial charge in [0.15, 0.2) is 0 Å². The number of nitrogens with zero attached hydrogens (tertiary/aromatic N) is 1. The van der Waals surface area contributed by atoms with Gasteiger partial charge in [0.2, 0.25) is 0 Å². The fraction of sp³-hybridized carbons (Fsp3) is 0.929. The summed E-state index contributed by atoms with van der Waals surface area (Å²) in [5, 5.41) is 31.3. The number of hydrogen-bond acceptors (Lipinski definition) is 6. The molecule has 7 nitrogen and oxygen atoms in total. The molecule has 0 aliphatic carbocycles. The van der Waals surface area contributed by atoms with Crippen LogP contribution in [0.4, 0.5) is 4.79 Å². The van der Waals surface area contributed by atoms with Crippen LogP contribution in [-0.4, -0.2) is 76.4 Å². The van der Waals surface area contributed by atoms with Crippen LogP contribution in [0.15, 0.2) is 0 Å². The Morgan fingerprint density at radius 1 is 1.29 bits per heavy atom. The van der Waals surface area contributed by atoms with E-state index in [0.717, 1.165) is 0 Å². The topological polar surface area (TPSA) is 102 Å². The predicted molar refractivity (Wildman–Crippen MR) is 78.0 cm³/mol. The van der Waals surface area contributed by atoms with Crippen LogP contribution in [0.3, 0.4) is 0 Å². The third-order valence-electron chi connectivity index (χ3n) is 3.51. The molecular formula is C14H28N2O5. The Bertz CT molecular complexity index is 331. The number of aliphatic hydroxyl groups excluding tert-OH is 2. The molecule has 0 unspecified atom stereocenters. The zero-order valence-corrected chi connectivity index (χ0v) is 13.1. The van der Waals surface area contributed by atoms with Gasteiger partial charge in [-0.1, -0.05) is 0 Å². The van der Waals surface area contributed by atoms with E-state index in [0.29, 0.717) is 25.9 Å². The molecule has 0 saturated carbocycles. The summed E-state index contributed by atoms with van der Waals surface area (Å²) in [4.78, 5) is 13.5. The maximum atomic E-state index is 11.9. The van der Waals surface area contributed by atoms with Crippen molar-refractivity contribution in [1.82, 2.24) is 10.2 Å². The van der Waals surface area contributed by atoms with E-state index >= 15 is 0 Å². The largest absolute Gasteiger partial charge is 0.444 e. The minimum absolute atomic E-state index is 0.184. The first-order chi connectivity index (χ1) is 9.69. The molecule has 0 spiro atoms. The van der Waals surface area contributed by atoms with Crippen LogP contribution in [0.2, 0.25) is 0 Å². The van der Waals surface area contributed by atoms with Crippen molar-refractivity contribution in [3.05, 3.63) is 0 Å². The second-order valence-corrected chi connectivity index (χ2v) is 6.63. The van der Waals surface area contributed by atoms with Crippen LogP contribution in [0.5, 0.6) is 0 Å². The van der Waals surface area contributed by atoms with Gasteiger partial charge in [-0.15, -0.1) is 0 Å². The van der Waals surface area contributed by atoms with Crippen molar-refractivity contribution in [3.8, 4) is 0 Å². The fourth-order valence-corrected chi connectivity index (χ4v) is 2.13. The van der Waals surface area contributed by atoms with Crippen molar-refractivity contribution < 1.29 is 24.9 Å². The lowest BCUT2D eigenvalue weighted by atomic mass is 9.91. The number of piperidine rings is 1. The number of nitrogens with one attached hydrogen (secondary N) is 1. The number of aliphatic hydroxyl groups is 3. The molecule has 1 amide bonds. The Hall–Kier alpha value is -0.890. The summed E-state index contributed by atoms with van der Waals surface area (Å²) in [5.74, 6) is 0. The monoisotopic (exact) mass is 304 g/mol. The molecule has 21 heavy (non-hydrogen) atoms. The molecule has 1 aliphatic rings. The molecule has 0 aromatic heterocycles. The highest BCUT2D eigenvalue weighted by atomic mass is 16.6. The second-order valence-electron chi connectivity index (χ2n) is 6.63. The van der Waals surface area contributed by atoms with Crippen LogP contribution in [0.1, 0.15) is 33.6 Å². The van der Waals surface area contributed by atoms with Gasteiger partial charge >= 0.3 is 6.09 Å². The molecular weight excluding hydrogens is 276 g/mol. The molecule has 0 radical (unpaired) electrons. The van der Waals surface area contributed by atoms with Crippen molar-refractivity contribution in [3.63, 3.8) is 0 Å². The third-order valence-corrected chi connectivity index (χ3v) is 3.51. The number of hydrogen-bond donors (Lipinski definition) is 4. The van der Waals surface area contributed by atoms with E-state index < -0.39 is 17.2 Å². The average Bonchev–Trinajstić information content (AvgIpc) is 2.38. The highest BCUT2D eigenvalue weighted by Crippen LogP contribution is 2.23. The van der Waals surface area contributed by atoms with Gasteiger partial charge in [-0.3, -0.25) is 0 Å². The van der Waals surface area contributed by atoms with Gasteiger partial charge < -0.3 is 30.3 Å². The first kappa shape index (κ1) is 18.2. The van der Waals surface area contributed by atoms with E-state index in [-0.39, 0.29) is 25.9 Å². The quantitative estimate of drug-likeness (QED) is 0.556. The van der Waals surface area contributed by atoms with Crippen LogP contribution in [0.25, 0.3) is 0 Å². The number of carbonyl (C=O) groups is 1. The van der Waals surface area contributed by atoms with E-state index in [1.165, 1.54) is 0 Å². The molecule has 7 heteroatoms. The van der Waals surface area contributed by atoms with E-state index in [2.05, 4.69) is 5.32 Å². The predicted octanol–water partition coefficient (Wildman–Crippen LogP) is -0.309. The molecule has 4 N–H and O–H groups in total. The van der Waals surface area contributed by atoms with E-state index in [4.69, 9.17) is 14.9 Å². The summed E-state index contributed by atoms with van der Waals surface area (Å²) in [5.41, 5.74) is -1.46. The van der Waals surface area contributed by atoms with Gasteiger partial charge in [0.05, 0.1) is 24.9 Å². The summed E-state index contributed by atoms with van der Waals surface area (Å²) in [7, 11) is 0. The number of ether oxygens (including phenoxy) is 1. The van der Waals surface area contributed by atoms with Crippen LogP contribution in [0, 0.1) is 0 Å². The zero-order valence-electron chi connectivity index (χ0n) is 13.1. The van der Waals surface area contributed by atoms with Gasteiger partial charge in [0, 0.05) is 19.6 Å². The lowest BCUT2D eigenvalue weighted by Gasteiger charge is -2.39. The SMILES string of the molecule is CC(C)(C)OC(=O)N1CCC(O)(CNC(CO)CO)CC1. The van der Waals surface area contributed by atoms with Gasteiger partial charge in [-0.2, -0.15) is 0 Å². The zero-order chi connectivity index (χ0) is 16.1. The van der Waals surface area contributed by atoms with Gasteiger partial charge in [0.1, 0.15) is 5.60 Å². The molecule has 124 valence electrons. The molecule has 0 bridgehead atoms. The Morgan fingerprint density at radius 3 is 2.24 bits per heavy atom. The summed E-state index contributed by atoms with van der Waals surface area (Å²) >= 11 is 0. The smallest absolute Gasteiger partial charge is 0.410 e. The van der Waals surface area contributed by atoms with Crippen molar-refractivity contribution >= 4 is 6.09 Å². The van der Waals surface area contributed by atoms with Crippen molar-refractivity contribution in [2.24, 2.45) is 0 Å².